The molecule has 19 heavy (non-hydrogen) atoms. The van der Waals surface area contributed by atoms with Crippen LogP contribution in [-0.2, 0) is 20.1 Å². The number of nitrogens with zero attached hydrogens (tertiary/aromatic N) is 5. The highest BCUT2D eigenvalue weighted by molar-refractivity contribution is 5.34. The Bertz CT molecular complexity index is 581. The van der Waals surface area contributed by atoms with Crippen molar-refractivity contribution in [2.24, 2.45) is 7.05 Å². The van der Waals surface area contributed by atoms with Crippen LogP contribution in [0.15, 0.2) is 30.6 Å². The fourth-order valence-electron chi connectivity index (χ4n) is 1.84. The zero-order valence-corrected chi connectivity index (χ0v) is 10.9. The number of non-ortho nitro benzene ring substituents is 1. The van der Waals surface area contributed by atoms with E-state index in [1.807, 2.05) is 25.1 Å². The van der Waals surface area contributed by atoms with E-state index < -0.39 is 0 Å². The van der Waals surface area contributed by atoms with E-state index in [4.69, 9.17) is 0 Å². The number of hydrogen-bond donors (Lipinski definition) is 0. The van der Waals surface area contributed by atoms with Crippen LogP contribution in [0.1, 0.15) is 11.4 Å². The van der Waals surface area contributed by atoms with Gasteiger partial charge in [-0.15, -0.1) is 0 Å². The van der Waals surface area contributed by atoms with E-state index in [-0.39, 0.29) is 10.6 Å². The van der Waals surface area contributed by atoms with Gasteiger partial charge in [0.05, 0.1) is 11.5 Å². The maximum Gasteiger partial charge on any atom is 0.269 e. The molecule has 1 aromatic carbocycles. The highest BCUT2D eigenvalue weighted by atomic mass is 16.6. The summed E-state index contributed by atoms with van der Waals surface area (Å²) >= 11 is 0. The zero-order chi connectivity index (χ0) is 13.8. The van der Waals surface area contributed by atoms with Gasteiger partial charge in [0.1, 0.15) is 12.2 Å². The smallest absolute Gasteiger partial charge is 0.269 e. The summed E-state index contributed by atoms with van der Waals surface area (Å²) in [4.78, 5) is 16.5. The number of rotatable bonds is 5. The third-order valence-electron chi connectivity index (χ3n) is 2.79. The predicted octanol–water partition coefficient (Wildman–Crippen LogP) is 1.36. The predicted molar refractivity (Wildman–Crippen MR) is 69.3 cm³/mol. The van der Waals surface area contributed by atoms with Crippen molar-refractivity contribution in [1.29, 1.82) is 0 Å². The molecule has 100 valence electrons. The average Bonchev–Trinajstić information content (AvgIpc) is 2.75. The summed E-state index contributed by atoms with van der Waals surface area (Å²) in [5, 5.41) is 14.7. The molecule has 0 atom stereocenters. The van der Waals surface area contributed by atoms with Crippen LogP contribution < -0.4 is 0 Å². The van der Waals surface area contributed by atoms with Gasteiger partial charge in [0, 0.05) is 25.7 Å². The first-order valence-electron chi connectivity index (χ1n) is 5.81. The second kappa shape index (κ2) is 5.57. The fraction of sp³-hybridized carbons (Fsp3) is 0.333. The number of nitro groups is 1. The molecule has 0 saturated heterocycles. The lowest BCUT2D eigenvalue weighted by atomic mass is 10.2. The molecule has 0 radical (unpaired) electrons. The van der Waals surface area contributed by atoms with E-state index in [0.717, 1.165) is 11.4 Å². The first-order chi connectivity index (χ1) is 9.06. The van der Waals surface area contributed by atoms with E-state index in [1.165, 1.54) is 12.4 Å². The summed E-state index contributed by atoms with van der Waals surface area (Å²) in [6.07, 6.45) is 1.51. The minimum atomic E-state index is -0.383. The monoisotopic (exact) mass is 261 g/mol. The van der Waals surface area contributed by atoms with Crippen LogP contribution in [0.4, 0.5) is 5.69 Å². The van der Waals surface area contributed by atoms with Gasteiger partial charge in [-0.05, 0) is 12.6 Å². The van der Waals surface area contributed by atoms with Crippen molar-refractivity contribution in [3.8, 4) is 0 Å². The Labute approximate surface area is 110 Å². The first kappa shape index (κ1) is 13.2. The maximum atomic E-state index is 10.7. The summed E-state index contributed by atoms with van der Waals surface area (Å²) in [5.74, 6) is 0.855. The van der Waals surface area contributed by atoms with Crippen LogP contribution in [0, 0.1) is 10.1 Å². The van der Waals surface area contributed by atoms with Crippen molar-refractivity contribution >= 4 is 5.69 Å². The fourth-order valence-corrected chi connectivity index (χ4v) is 1.84. The molecule has 0 amide bonds. The first-order valence-corrected chi connectivity index (χ1v) is 5.81. The normalized spacial score (nSPS) is 10.9. The van der Waals surface area contributed by atoms with Gasteiger partial charge in [-0.3, -0.25) is 19.7 Å². The molecule has 7 heteroatoms. The van der Waals surface area contributed by atoms with E-state index in [1.54, 1.807) is 16.8 Å². The number of aryl methyl sites for hydroxylation is 1. The van der Waals surface area contributed by atoms with Gasteiger partial charge in [0.2, 0.25) is 0 Å². The van der Waals surface area contributed by atoms with E-state index in [2.05, 4.69) is 10.1 Å². The Morgan fingerprint density at radius 2 is 2.21 bits per heavy atom. The van der Waals surface area contributed by atoms with E-state index in [0.29, 0.717) is 13.1 Å². The maximum absolute atomic E-state index is 10.7. The van der Waals surface area contributed by atoms with Gasteiger partial charge in [-0.2, -0.15) is 5.10 Å². The minimum Gasteiger partial charge on any atom is -0.295 e. The molecule has 0 fully saturated rings. The van der Waals surface area contributed by atoms with Crippen molar-refractivity contribution in [2.45, 2.75) is 13.1 Å². The molecule has 7 nitrogen and oxygen atoms in total. The Morgan fingerprint density at radius 1 is 1.42 bits per heavy atom. The van der Waals surface area contributed by atoms with Crippen LogP contribution in [0.25, 0.3) is 0 Å². The molecule has 0 saturated carbocycles. The van der Waals surface area contributed by atoms with Crippen molar-refractivity contribution in [3.63, 3.8) is 0 Å². The molecular formula is C12H15N5O2. The van der Waals surface area contributed by atoms with Gasteiger partial charge in [0.15, 0.2) is 0 Å². The molecule has 0 N–H and O–H groups in total. The number of hydrogen-bond acceptors (Lipinski definition) is 5. The lowest BCUT2D eigenvalue weighted by Gasteiger charge is -2.15. The summed E-state index contributed by atoms with van der Waals surface area (Å²) < 4.78 is 1.71. The molecular weight excluding hydrogens is 246 g/mol. The molecule has 1 heterocycles. The van der Waals surface area contributed by atoms with E-state index >= 15 is 0 Å². The zero-order valence-electron chi connectivity index (χ0n) is 10.9. The molecule has 2 aromatic rings. The Balaban J connectivity index is 2.02. The highest BCUT2D eigenvalue weighted by Gasteiger charge is 2.09. The summed E-state index contributed by atoms with van der Waals surface area (Å²) in [5.41, 5.74) is 1.02. The van der Waals surface area contributed by atoms with Gasteiger partial charge in [-0.1, -0.05) is 12.1 Å². The minimum absolute atomic E-state index is 0.115. The largest absolute Gasteiger partial charge is 0.295 e. The molecule has 0 unspecified atom stereocenters. The second-order valence-corrected chi connectivity index (χ2v) is 4.40. The molecule has 0 bridgehead atoms. The molecule has 2 rings (SSSR count). The Hall–Kier alpha value is -2.28. The standard InChI is InChI=1S/C12H15N5O2/c1-15(8-12-13-9-14-16(12)2)7-10-4-3-5-11(6-10)17(18)19/h3-6,9H,7-8H2,1-2H3. The summed E-state index contributed by atoms with van der Waals surface area (Å²) in [7, 11) is 3.77. The lowest BCUT2D eigenvalue weighted by Crippen LogP contribution is -2.19. The van der Waals surface area contributed by atoms with Crippen LogP contribution in [-0.4, -0.2) is 31.6 Å². The molecule has 0 aliphatic rings. The Kier molecular flexibility index (Phi) is 3.86. The van der Waals surface area contributed by atoms with Crippen LogP contribution in [0.5, 0.6) is 0 Å². The quantitative estimate of drug-likeness (QED) is 0.600. The molecule has 0 aliphatic carbocycles. The van der Waals surface area contributed by atoms with Crippen LogP contribution in [0.2, 0.25) is 0 Å². The van der Waals surface area contributed by atoms with Crippen molar-refractivity contribution in [3.05, 3.63) is 52.1 Å². The Morgan fingerprint density at radius 3 is 2.84 bits per heavy atom. The highest BCUT2D eigenvalue weighted by Crippen LogP contribution is 2.14. The number of benzene rings is 1. The SMILES string of the molecule is CN(Cc1cccc([N+](=O)[O-])c1)Cc1ncnn1C. The molecule has 1 aromatic heterocycles. The molecule has 0 spiro atoms. The third kappa shape index (κ3) is 3.35. The number of nitro benzene ring substituents is 1. The third-order valence-corrected chi connectivity index (χ3v) is 2.79. The summed E-state index contributed by atoms with van der Waals surface area (Å²) in [6, 6.07) is 6.66. The van der Waals surface area contributed by atoms with Crippen LogP contribution in [0.3, 0.4) is 0 Å². The second-order valence-electron chi connectivity index (χ2n) is 4.40. The summed E-state index contributed by atoms with van der Waals surface area (Å²) in [6.45, 7) is 1.26. The topological polar surface area (TPSA) is 77.1 Å². The van der Waals surface area contributed by atoms with Gasteiger partial charge in [-0.25, -0.2) is 4.98 Å². The number of aromatic nitrogens is 3. The average molecular weight is 261 g/mol. The van der Waals surface area contributed by atoms with Crippen molar-refractivity contribution < 1.29 is 4.92 Å². The van der Waals surface area contributed by atoms with Gasteiger partial charge in [0.25, 0.3) is 5.69 Å². The lowest BCUT2D eigenvalue weighted by molar-refractivity contribution is -0.384. The van der Waals surface area contributed by atoms with Gasteiger partial charge >= 0.3 is 0 Å². The molecule has 0 aliphatic heterocycles. The van der Waals surface area contributed by atoms with Crippen molar-refractivity contribution in [2.75, 3.05) is 7.05 Å². The van der Waals surface area contributed by atoms with Crippen LogP contribution >= 0.6 is 0 Å². The van der Waals surface area contributed by atoms with Crippen molar-refractivity contribution in [1.82, 2.24) is 19.7 Å². The van der Waals surface area contributed by atoms with Gasteiger partial charge < -0.3 is 0 Å². The van der Waals surface area contributed by atoms with E-state index in [9.17, 15) is 10.1 Å².